The van der Waals surface area contributed by atoms with Crippen molar-refractivity contribution in [2.24, 2.45) is 0 Å². The minimum atomic E-state index is -3.52. The van der Waals surface area contributed by atoms with Crippen molar-refractivity contribution in [1.82, 2.24) is 4.31 Å². The Kier molecular flexibility index (Phi) is 6.93. The van der Waals surface area contributed by atoms with Crippen molar-refractivity contribution in [3.63, 3.8) is 0 Å². The molecule has 1 aliphatic rings. The van der Waals surface area contributed by atoms with Gasteiger partial charge >= 0.3 is 0 Å². The fourth-order valence-electron chi connectivity index (χ4n) is 3.39. The van der Waals surface area contributed by atoms with Crippen LogP contribution < -0.4 is 0 Å². The predicted octanol–water partition coefficient (Wildman–Crippen LogP) is 4.36. The molecule has 27 heavy (non-hydrogen) atoms. The summed E-state index contributed by atoms with van der Waals surface area (Å²) >= 11 is 6.34. The summed E-state index contributed by atoms with van der Waals surface area (Å²) in [7, 11) is -3.52. The largest absolute Gasteiger partial charge is 0.377 e. The molecule has 2 aromatic carbocycles. The van der Waals surface area contributed by atoms with Crippen molar-refractivity contribution < 1.29 is 13.2 Å². The molecular weight excluding hydrogens is 382 g/mol. The molecule has 3 rings (SSSR count). The highest BCUT2D eigenvalue weighted by molar-refractivity contribution is 7.89. The maximum absolute atomic E-state index is 13.1. The Morgan fingerprint density at radius 2 is 1.81 bits per heavy atom. The molecule has 1 saturated heterocycles. The molecule has 0 saturated carbocycles. The summed E-state index contributed by atoms with van der Waals surface area (Å²) in [6.45, 7) is 3.43. The number of alkyl halides is 1. The molecule has 2 atom stereocenters. The number of aryl methyl sites for hydroxylation is 1. The van der Waals surface area contributed by atoms with E-state index in [1.165, 1.54) is 0 Å². The fraction of sp³-hybridized carbons (Fsp3) is 0.429. The summed E-state index contributed by atoms with van der Waals surface area (Å²) in [6, 6.07) is 16.9. The zero-order valence-corrected chi connectivity index (χ0v) is 17.1. The molecule has 0 N–H and O–H groups in total. The second kappa shape index (κ2) is 9.20. The first kappa shape index (κ1) is 20.3. The SMILES string of the molecule is Cc1ccc(S(=O)(=O)N2CC[C@H](Cl)C[C@H]2CCOCc2ccccc2)cc1. The minimum Gasteiger partial charge on any atom is -0.377 e. The van der Waals surface area contributed by atoms with E-state index in [1.54, 1.807) is 16.4 Å². The maximum atomic E-state index is 13.1. The van der Waals surface area contributed by atoms with E-state index in [1.807, 2.05) is 49.4 Å². The summed E-state index contributed by atoms with van der Waals surface area (Å²) in [6.07, 6.45) is 1.97. The van der Waals surface area contributed by atoms with E-state index in [0.717, 1.165) is 11.1 Å². The molecule has 6 heteroatoms. The number of ether oxygens (including phenoxy) is 1. The Morgan fingerprint density at radius 3 is 2.52 bits per heavy atom. The van der Waals surface area contributed by atoms with Gasteiger partial charge in [-0.15, -0.1) is 11.6 Å². The number of benzene rings is 2. The van der Waals surface area contributed by atoms with E-state index in [0.29, 0.717) is 43.9 Å². The van der Waals surface area contributed by atoms with Gasteiger partial charge in [-0.25, -0.2) is 8.42 Å². The predicted molar refractivity (Wildman–Crippen MR) is 108 cm³/mol. The van der Waals surface area contributed by atoms with Crippen LogP contribution in [0, 0.1) is 6.92 Å². The molecule has 0 aliphatic carbocycles. The van der Waals surface area contributed by atoms with Crippen LogP contribution in [0.3, 0.4) is 0 Å². The number of rotatable bonds is 7. The molecule has 0 spiro atoms. The summed E-state index contributed by atoms with van der Waals surface area (Å²) in [5, 5.41) is 0.00795. The molecule has 1 aliphatic heterocycles. The quantitative estimate of drug-likeness (QED) is 0.506. The molecule has 4 nitrogen and oxygen atoms in total. The smallest absolute Gasteiger partial charge is 0.243 e. The van der Waals surface area contributed by atoms with E-state index >= 15 is 0 Å². The third kappa shape index (κ3) is 5.32. The summed E-state index contributed by atoms with van der Waals surface area (Å²) in [5.74, 6) is 0. The van der Waals surface area contributed by atoms with Crippen molar-refractivity contribution in [2.45, 2.75) is 49.1 Å². The first-order valence-corrected chi connectivity index (χ1v) is 11.2. The second-order valence-corrected chi connectivity index (χ2v) is 9.54. The average Bonchev–Trinajstić information content (AvgIpc) is 2.66. The molecule has 0 amide bonds. The Labute approximate surface area is 167 Å². The number of sulfonamides is 1. The summed E-state index contributed by atoms with van der Waals surface area (Å²) < 4.78 is 33.6. The van der Waals surface area contributed by atoms with Gasteiger partial charge in [0.25, 0.3) is 0 Å². The van der Waals surface area contributed by atoms with Gasteiger partial charge in [0.05, 0.1) is 11.5 Å². The van der Waals surface area contributed by atoms with Gasteiger partial charge in [-0.2, -0.15) is 4.31 Å². The van der Waals surface area contributed by atoms with Crippen LogP contribution in [-0.2, 0) is 21.4 Å². The molecule has 0 aromatic heterocycles. The lowest BCUT2D eigenvalue weighted by atomic mass is 10.0. The lowest BCUT2D eigenvalue weighted by Crippen LogP contribution is -2.46. The van der Waals surface area contributed by atoms with E-state index in [4.69, 9.17) is 16.3 Å². The van der Waals surface area contributed by atoms with Gasteiger partial charge in [0.1, 0.15) is 0 Å². The van der Waals surface area contributed by atoms with Crippen molar-refractivity contribution in [3.8, 4) is 0 Å². The van der Waals surface area contributed by atoms with Crippen molar-refractivity contribution in [3.05, 3.63) is 65.7 Å². The first-order valence-electron chi connectivity index (χ1n) is 9.31. The topological polar surface area (TPSA) is 46.6 Å². The van der Waals surface area contributed by atoms with Crippen molar-refractivity contribution >= 4 is 21.6 Å². The van der Waals surface area contributed by atoms with Crippen LogP contribution in [0.5, 0.6) is 0 Å². The molecule has 146 valence electrons. The first-order chi connectivity index (χ1) is 13.0. The molecule has 1 heterocycles. The average molecular weight is 408 g/mol. The molecule has 0 unspecified atom stereocenters. The third-order valence-corrected chi connectivity index (χ3v) is 7.29. The minimum absolute atomic E-state index is 0.00795. The van der Waals surface area contributed by atoms with Crippen LogP contribution in [0.15, 0.2) is 59.5 Å². The molecule has 0 radical (unpaired) electrons. The molecule has 2 aromatic rings. The van der Waals surface area contributed by atoms with Crippen LogP contribution in [-0.4, -0.2) is 37.3 Å². The van der Waals surface area contributed by atoms with Crippen molar-refractivity contribution in [2.75, 3.05) is 13.2 Å². The van der Waals surface area contributed by atoms with Crippen molar-refractivity contribution in [1.29, 1.82) is 0 Å². The van der Waals surface area contributed by atoms with E-state index in [9.17, 15) is 8.42 Å². The Balaban J connectivity index is 1.64. The van der Waals surface area contributed by atoms with Gasteiger partial charge in [0.15, 0.2) is 0 Å². The van der Waals surface area contributed by atoms with Gasteiger partial charge in [-0.05, 0) is 43.9 Å². The second-order valence-electron chi connectivity index (χ2n) is 7.03. The number of nitrogens with zero attached hydrogens (tertiary/aromatic N) is 1. The van der Waals surface area contributed by atoms with Crippen LogP contribution in [0.2, 0.25) is 0 Å². The maximum Gasteiger partial charge on any atom is 0.243 e. The van der Waals surface area contributed by atoms with Gasteiger partial charge in [-0.3, -0.25) is 0 Å². The molecule has 1 fully saturated rings. The van der Waals surface area contributed by atoms with E-state index < -0.39 is 10.0 Å². The van der Waals surface area contributed by atoms with Gasteiger partial charge in [0, 0.05) is 24.6 Å². The number of piperidine rings is 1. The highest BCUT2D eigenvalue weighted by atomic mass is 35.5. The van der Waals surface area contributed by atoms with Crippen LogP contribution in [0.1, 0.15) is 30.4 Å². The van der Waals surface area contributed by atoms with Gasteiger partial charge < -0.3 is 4.74 Å². The number of hydrogen-bond donors (Lipinski definition) is 0. The highest BCUT2D eigenvalue weighted by Gasteiger charge is 2.36. The van der Waals surface area contributed by atoms with Crippen LogP contribution in [0.4, 0.5) is 0 Å². The number of halogens is 1. The van der Waals surface area contributed by atoms with Crippen LogP contribution >= 0.6 is 11.6 Å². The molecule has 0 bridgehead atoms. The Morgan fingerprint density at radius 1 is 1.11 bits per heavy atom. The zero-order valence-electron chi connectivity index (χ0n) is 15.6. The lowest BCUT2D eigenvalue weighted by molar-refractivity contribution is 0.0965. The number of hydrogen-bond acceptors (Lipinski definition) is 3. The third-order valence-electron chi connectivity index (χ3n) is 4.93. The van der Waals surface area contributed by atoms with E-state index in [-0.39, 0.29) is 11.4 Å². The van der Waals surface area contributed by atoms with Gasteiger partial charge in [-0.1, -0.05) is 48.0 Å². The van der Waals surface area contributed by atoms with E-state index in [2.05, 4.69) is 0 Å². The normalized spacial score (nSPS) is 21.3. The monoisotopic (exact) mass is 407 g/mol. The Hall–Kier alpha value is -1.40. The summed E-state index contributed by atoms with van der Waals surface area (Å²) in [5.41, 5.74) is 2.15. The standard InChI is InChI=1S/C21H26ClNO3S/c1-17-7-9-21(10-8-17)27(24,25)23-13-11-19(22)15-20(23)12-14-26-16-18-5-3-2-4-6-18/h2-10,19-20H,11-16H2,1H3/t19-,20+/m0/s1. The molecular formula is C21H26ClNO3S. The Bertz CT molecular complexity index is 824. The lowest BCUT2D eigenvalue weighted by Gasteiger charge is -2.36. The highest BCUT2D eigenvalue weighted by Crippen LogP contribution is 2.29. The van der Waals surface area contributed by atoms with Crippen LogP contribution in [0.25, 0.3) is 0 Å². The summed E-state index contributed by atoms with van der Waals surface area (Å²) in [4.78, 5) is 0.344. The fourth-order valence-corrected chi connectivity index (χ4v) is 5.37. The van der Waals surface area contributed by atoms with Gasteiger partial charge in [0.2, 0.25) is 10.0 Å². The zero-order chi connectivity index (χ0) is 19.3.